The van der Waals surface area contributed by atoms with E-state index in [9.17, 15) is 9.59 Å². The van der Waals surface area contributed by atoms with Crippen molar-refractivity contribution in [3.8, 4) is 0 Å². The highest BCUT2D eigenvalue weighted by Gasteiger charge is 2.29. The van der Waals surface area contributed by atoms with Crippen molar-refractivity contribution in [2.24, 2.45) is 0 Å². The maximum Gasteiger partial charge on any atom is 0.269 e. The first-order valence-corrected chi connectivity index (χ1v) is 10.8. The Labute approximate surface area is 191 Å². The van der Waals surface area contributed by atoms with Gasteiger partial charge in [0.2, 0.25) is 0 Å². The summed E-state index contributed by atoms with van der Waals surface area (Å²) in [4.78, 5) is 40.5. The lowest BCUT2D eigenvalue weighted by atomic mass is 10.1. The van der Waals surface area contributed by atoms with Crippen molar-refractivity contribution in [2.75, 3.05) is 25.0 Å². The van der Waals surface area contributed by atoms with E-state index in [2.05, 4.69) is 38.6 Å². The van der Waals surface area contributed by atoms with Crippen LogP contribution in [0.3, 0.4) is 0 Å². The van der Waals surface area contributed by atoms with E-state index in [4.69, 9.17) is 4.11 Å². The van der Waals surface area contributed by atoms with Gasteiger partial charge in [0, 0.05) is 54.6 Å². The van der Waals surface area contributed by atoms with Crippen LogP contribution in [0.25, 0.3) is 11.0 Å². The lowest BCUT2D eigenvalue weighted by molar-refractivity contribution is 0.0958. The van der Waals surface area contributed by atoms with Crippen LogP contribution >= 0.6 is 0 Å². The molecule has 1 amide bonds. The van der Waals surface area contributed by atoms with Crippen molar-refractivity contribution in [3.05, 3.63) is 63.8 Å². The number of aryl methyl sites for hydroxylation is 1. The molecule has 1 fully saturated rings. The van der Waals surface area contributed by atoms with Crippen molar-refractivity contribution in [1.82, 2.24) is 25.2 Å². The van der Waals surface area contributed by atoms with Gasteiger partial charge in [-0.15, -0.1) is 0 Å². The number of hydrogen-bond donors (Lipinski definition) is 2. The van der Waals surface area contributed by atoms with Crippen molar-refractivity contribution in [3.63, 3.8) is 0 Å². The van der Waals surface area contributed by atoms with E-state index in [0.717, 1.165) is 40.9 Å². The van der Waals surface area contributed by atoms with Gasteiger partial charge in [0.15, 0.2) is 0 Å². The topological polar surface area (TPSA) is 94.2 Å². The Bertz CT molecular complexity index is 1270. The number of amides is 1. The Balaban J connectivity index is 1.44. The first-order chi connectivity index (χ1) is 16.5. The lowest BCUT2D eigenvalue weighted by Crippen LogP contribution is -2.56. The highest BCUT2D eigenvalue weighted by molar-refractivity contribution is 5.92. The highest BCUT2D eigenvalue weighted by Crippen LogP contribution is 2.24. The second-order valence-electron chi connectivity index (χ2n) is 8.39. The fourth-order valence-corrected chi connectivity index (χ4v) is 4.28. The van der Waals surface area contributed by atoms with Crippen LogP contribution in [0, 0.1) is 0 Å². The average molecular weight is 438 g/mol. The van der Waals surface area contributed by atoms with Crippen LogP contribution in [-0.2, 0) is 13.0 Å². The Morgan fingerprint density at radius 3 is 2.78 bits per heavy atom. The molecule has 0 bridgehead atoms. The van der Waals surface area contributed by atoms with Crippen LogP contribution in [0.2, 0.25) is 0 Å². The number of rotatable bonds is 5. The maximum atomic E-state index is 12.2. The first kappa shape index (κ1) is 18.3. The highest BCUT2D eigenvalue weighted by atomic mass is 16.1. The number of hydrogen-bond acceptors (Lipinski definition) is 6. The molecule has 4 heterocycles. The van der Waals surface area contributed by atoms with E-state index in [1.54, 1.807) is 18.3 Å². The second-order valence-corrected chi connectivity index (χ2v) is 8.39. The molecule has 1 saturated heterocycles. The molecular formula is C24H30N6O2. The second kappa shape index (κ2) is 9.08. The summed E-state index contributed by atoms with van der Waals surface area (Å²) in [5.41, 5.74) is 4.19. The van der Waals surface area contributed by atoms with Gasteiger partial charge in [-0.25, -0.2) is 4.98 Å². The Hall–Kier alpha value is -3.26. The van der Waals surface area contributed by atoms with Crippen LogP contribution in [-0.4, -0.2) is 57.9 Å². The molecule has 0 spiro atoms. The summed E-state index contributed by atoms with van der Waals surface area (Å²) in [5, 5.41) is 1.95. The third kappa shape index (κ3) is 4.36. The zero-order chi connectivity index (χ0) is 25.3. The number of H-pyrrole nitrogens is 1. The van der Waals surface area contributed by atoms with Crippen LogP contribution in [0.4, 0.5) is 5.69 Å². The van der Waals surface area contributed by atoms with Gasteiger partial charge in [-0.3, -0.25) is 19.5 Å². The molecule has 32 heavy (non-hydrogen) atoms. The Kier molecular flexibility index (Phi) is 5.20. The number of carbonyl (C=O) groups is 1. The monoisotopic (exact) mass is 437 g/mol. The average Bonchev–Trinajstić information content (AvgIpc) is 2.79. The number of aromatic amines is 1. The van der Waals surface area contributed by atoms with Gasteiger partial charge in [-0.05, 0) is 50.1 Å². The molecular weight excluding hydrogens is 404 g/mol. The fourth-order valence-electron chi connectivity index (χ4n) is 4.28. The van der Waals surface area contributed by atoms with Gasteiger partial charge in [0.1, 0.15) is 5.69 Å². The van der Waals surface area contributed by atoms with Crippen LogP contribution < -0.4 is 15.8 Å². The van der Waals surface area contributed by atoms with E-state index in [1.807, 2.05) is 30.6 Å². The number of nitrogens with one attached hydrogen (secondary N) is 2. The maximum absolute atomic E-state index is 12.2. The Morgan fingerprint density at radius 2 is 2.06 bits per heavy atom. The van der Waals surface area contributed by atoms with Gasteiger partial charge in [0.25, 0.3) is 11.5 Å². The van der Waals surface area contributed by atoms with Crippen molar-refractivity contribution >= 4 is 22.6 Å². The van der Waals surface area contributed by atoms with Crippen molar-refractivity contribution in [1.29, 1.82) is 0 Å². The Morgan fingerprint density at radius 1 is 1.22 bits per heavy atom. The normalized spacial score (nSPS) is 21.1. The summed E-state index contributed by atoms with van der Waals surface area (Å²) < 4.78 is 21.5. The standard InChI is InChI=1S/C24H30N6O2/c1-5-18-9-21-22(28-23(18)31)8-17(10-26-21)14-29-12-16(3)30(13-15(29)2)19-6-7-20(27-11-19)24(32)25-4/h6-11,15-16H,5,12-14H2,1-4H3,(H,25,32)(H,28,31)/t15-,16-/m0/s1/i4D3. The molecule has 0 aromatic carbocycles. The molecule has 1 aliphatic rings. The molecule has 2 atom stereocenters. The van der Waals surface area contributed by atoms with Crippen molar-refractivity contribution in [2.45, 2.75) is 45.8 Å². The molecule has 2 N–H and O–H groups in total. The van der Waals surface area contributed by atoms with E-state index in [0.29, 0.717) is 13.0 Å². The van der Waals surface area contributed by atoms with Gasteiger partial charge >= 0.3 is 0 Å². The van der Waals surface area contributed by atoms with Crippen LogP contribution in [0.5, 0.6) is 0 Å². The molecule has 8 nitrogen and oxygen atoms in total. The molecule has 0 aliphatic carbocycles. The molecule has 4 rings (SSSR count). The number of piperazine rings is 1. The summed E-state index contributed by atoms with van der Waals surface area (Å²) in [6, 6.07) is 7.63. The molecule has 168 valence electrons. The van der Waals surface area contributed by atoms with Crippen molar-refractivity contribution < 1.29 is 8.91 Å². The van der Waals surface area contributed by atoms with Crippen LogP contribution in [0.15, 0.2) is 41.5 Å². The number of anilines is 1. The van der Waals surface area contributed by atoms with E-state index >= 15 is 0 Å². The number of carbonyl (C=O) groups excluding carboxylic acids is 1. The first-order valence-electron chi connectivity index (χ1n) is 12.3. The molecule has 0 saturated carbocycles. The fraction of sp³-hybridized carbons (Fsp3) is 0.417. The minimum absolute atomic E-state index is 0.0647. The molecule has 0 radical (unpaired) electrons. The predicted molar refractivity (Wildman–Crippen MR) is 126 cm³/mol. The predicted octanol–water partition coefficient (Wildman–Crippen LogP) is 2.34. The zero-order valence-corrected chi connectivity index (χ0v) is 18.6. The molecule has 3 aromatic rings. The lowest BCUT2D eigenvalue weighted by Gasteiger charge is -2.45. The summed E-state index contributed by atoms with van der Waals surface area (Å²) >= 11 is 0. The quantitative estimate of drug-likeness (QED) is 0.636. The smallest absolute Gasteiger partial charge is 0.269 e. The minimum atomic E-state index is -2.55. The number of pyridine rings is 3. The van der Waals surface area contributed by atoms with Gasteiger partial charge in [-0.2, -0.15) is 0 Å². The van der Waals surface area contributed by atoms with Gasteiger partial charge in [-0.1, -0.05) is 6.92 Å². The summed E-state index contributed by atoms with van der Waals surface area (Å²) in [5.74, 6) is -0.723. The molecule has 0 unspecified atom stereocenters. The van der Waals surface area contributed by atoms with E-state index in [1.165, 1.54) is 0 Å². The third-order valence-corrected chi connectivity index (χ3v) is 6.13. The van der Waals surface area contributed by atoms with E-state index in [-0.39, 0.29) is 23.3 Å². The number of aromatic nitrogens is 3. The minimum Gasteiger partial charge on any atom is -0.365 e. The third-order valence-electron chi connectivity index (χ3n) is 6.13. The summed E-state index contributed by atoms with van der Waals surface area (Å²) in [7, 11) is 0. The number of fused-ring (bicyclic) bond motifs is 1. The molecule has 3 aromatic heterocycles. The van der Waals surface area contributed by atoms with E-state index < -0.39 is 12.9 Å². The van der Waals surface area contributed by atoms with Gasteiger partial charge in [0.05, 0.1) is 22.9 Å². The van der Waals surface area contributed by atoms with Gasteiger partial charge < -0.3 is 15.2 Å². The van der Waals surface area contributed by atoms with Crippen LogP contribution in [0.1, 0.15) is 46.5 Å². The zero-order valence-electron chi connectivity index (χ0n) is 21.6. The molecule has 8 heteroatoms. The largest absolute Gasteiger partial charge is 0.365 e. The summed E-state index contributed by atoms with van der Waals surface area (Å²) in [6.07, 6.45) is 4.15. The summed E-state index contributed by atoms with van der Waals surface area (Å²) in [6.45, 7) is 5.99. The number of nitrogens with zero attached hydrogens (tertiary/aromatic N) is 4. The molecule has 1 aliphatic heterocycles. The SMILES string of the molecule is [2H]C([2H])([2H])NC(=O)c1ccc(N2C[C@H](C)N(Cc3cnc4cc(CC)c(=O)[nH]c4c3)C[C@@H]2C)cn1.